The van der Waals surface area contributed by atoms with Gasteiger partial charge in [-0.2, -0.15) is 0 Å². The highest BCUT2D eigenvalue weighted by molar-refractivity contribution is 4.92. The van der Waals surface area contributed by atoms with Crippen LogP contribution >= 0.6 is 0 Å². The van der Waals surface area contributed by atoms with Gasteiger partial charge in [-0.1, -0.05) is 0 Å². The summed E-state index contributed by atoms with van der Waals surface area (Å²) >= 11 is 0. The summed E-state index contributed by atoms with van der Waals surface area (Å²) in [6.07, 6.45) is 1.07. The van der Waals surface area contributed by atoms with Crippen LogP contribution in [0.15, 0.2) is 0 Å². The molecule has 1 rings (SSSR count). The molecule has 1 heterocycles. The first-order chi connectivity index (χ1) is 5.25. The maximum Gasteiger partial charge on any atom is 0.108 e. The van der Waals surface area contributed by atoms with Gasteiger partial charge in [0.1, 0.15) is 5.60 Å². The second kappa shape index (κ2) is 3.52. The molecule has 0 spiro atoms. The zero-order valence-electron chi connectivity index (χ0n) is 7.30. The highest BCUT2D eigenvalue weighted by Crippen LogP contribution is 2.28. The minimum Gasteiger partial charge on any atom is -0.375 e. The Kier molecular flexibility index (Phi) is 2.87. The number of hydrogen-bond acceptors (Lipinski definition) is 3. The molecule has 0 aromatic rings. The summed E-state index contributed by atoms with van der Waals surface area (Å²) in [4.78, 5) is 0. The molecule has 0 radical (unpaired) electrons. The fraction of sp³-hybridized carbons (Fsp3) is 1.00. The van der Waals surface area contributed by atoms with E-state index < -0.39 is 0 Å². The van der Waals surface area contributed by atoms with Crippen molar-refractivity contribution >= 4 is 0 Å². The molecule has 1 saturated heterocycles. The number of ether oxygens (including phenoxy) is 2. The second-order valence-electron chi connectivity index (χ2n) is 2.96. The van der Waals surface area contributed by atoms with E-state index in [1.165, 1.54) is 0 Å². The van der Waals surface area contributed by atoms with Crippen molar-refractivity contribution < 1.29 is 9.47 Å². The lowest BCUT2D eigenvalue weighted by Crippen LogP contribution is -2.46. The van der Waals surface area contributed by atoms with Gasteiger partial charge in [0.2, 0.25) is 0 Å². The van der Waals surface area contributed by atoms with Crippen molar-refractivity contribution in [3.63, 3.8) is 0 Å². The van der Waals surface area contributed by atoms with Crippen LogP contribution in [0.5, 0.6) is 0 Å². The van der Waals surface area contributed by atoms with Gasteiger partial charge < -0.3 is 15.2 Å². The maximum absolute atomic E-state index is 5.64. The van der Waals surface area contributed by atoms with E-state index in [0.717, 1.165) is 13.0 Å². The van der Waals surface area contributed by atoms with Crippen molar-refractivity contribution in [3.05, 3.63) is 0 Å². The average molecular weight is 159 g/mol. The Bertz CT molecular complexity index is 129. The molecule has 0 aromatic heterocycles. The zero-order chi connectivity index (χ0) is 8.32. The van der Waals surface area contributed by atoms with E-state index in [2.05, 4.69) is 0 Å². The fourth-order valence-corrected chi connectivity index (χ4v) is 1.57. The van der Waals surface area contributed by atoms with Crippen LogP contribution in [-0.4, -0.2) is 31.5 Å². The third-order valence-corrected chi connectivity index (χ3v) is 2.41. The highest BCUT2D eigenvalue weighted by atomic mass is 16.6. The first kappa shape index (κ1) is 8.97. The summed E-state index contributed by atoms with van der Waals surface area (Å²) in [6.45, 7) is 6.06. The molecule has 1 fully saturated rings. The maximum atomic E-state index is 5.64. The lowest BCUT2D eigenvalue weighted by atomic mass is 9.97. The predicted octanol–water partition coefficient (Wildman–Crippen LogP) is 0.529. The van der Waals surface area contributed by atoms with Crippen molar-refractivity contribution in [2.45, 2.75) is 32.0 Å². The lowest BCUT2D eigenvalue weighted by Gasteiger charge is -2.30. The summed E-state index contributed by atoms with van der Waals surface area (Å²) in [5, 5.41) is 0. The second-order valence-corrected chi connectivity index (χ2v) is 2.96. The SMILES string of the molecule is CCOC1(CN)CCOC1C. The first-order valence-corrected chi connectivity index (χ1v) is 4.21. The van der Waals surface area contributed by atoms with Crippen LogP contribution in [0, 0.1) is 0 Å². The van der Waals surface area contributed by atoms with Gasteiger partial charge in [-0.15, -0.1) is 0 Å². The van der Waals surface area contributed by atoms with E-state index >= 15 is 0 Å². The molecule has 0 amide bonds. The number of nitrogens with two attached hydrogens (primary N) is 1. The third-order valence-electron chi connectivity index (χ3n) is 2.41. The van der Waals surface area contributed by atoms with Crippen molar-refractivity contribution in [1.82, 2.24) is 0 Å². The summed E-state index contributed by atoms with van der Waals surface area (Å²) in [7, 11) is 0. The Labute approximate surface area is 67.9 Å². The minimum absolute atomic E-state index is 0.146. The van der Waals surface area contributed by atoms with Crippen molar-refractivity contribution in [2.24, 2.45) is 5.73 Å². The molecule has 2 unspecified atom stereocenters. The molecule has 1 aliphatic rings. The van der Waals surface area contributed by atoms with Gasteiger partial charge >= 0.3 is 0 Å². The lowest BCUT2D eigenvalue weighted by molar-refractivity contribution is -0.0739. The molecule has 66 valence electrons. The van der Waals surface area contributed by atoms with E-state index in [1.54, 1.807) is 0 Å². The van der Waals surface area contributed by atoms with Gasteiger partial charge in [-0.05, 0) is 13.8 Å². The summed E-state index contributed by atoms with van der Waals surface area (Å²) in [5.74, 6) is 0. The Morgan fingerprint density at radius 3 is 2.82 bits per heavy atom. The largest absolute Gasteiger partial charge is 0.375 e. The molecule has 1 aliphatic heterocycles. The monoisotopic (exact) mass is 159 g/mol. The highest BCUT2D eigenvalue weighted by Gasteiger charge is 2.40. The summed E-state index contributed by atoms with van der Waals surface area (Å²) in [5.41, 5.74) is 5.44. The fourth-order valence-electron chi connectivity index (χ4n) is 1.57. The Hall–Kier alpha value is -0.120. The molecule has 0 bridgehead atoms. The topological polar surface area (TPSA) is 44.5 Å². The van der Waals surface area contributed by atoms with E-state index in [0.29, 0.717) is 13.2 Å². The standard InChI is InChI=1S/C8H17NO2/c1-3-11-8(6-9)4-5-10-7(8)2/h7H,3-6,9H2,1-2H3. The van der Waals surface area contributed by atoms with Gasteiger partial charge in [0, 0.05) is 26.2 Å². The van der Waals surface area contributed by atoms with Crippen LogP contribution in [0.2, 0.25) is 0 Å². The van der Waals surface area contributed by atoms with Crippen LogP contribution in [0.25, 0.3) is 0 Å². The molecular formula is C8H17NO2. The smallest absolute Gasteiger partial charge is 0.108 e. The van der Waals surface area contributed by atoms with Crippen LogP contribution in [0.3, 0.4) is 0 Å². The normalized spacial score (nSPS) is 37.9. The molecule has 0 aromatic carbocycles. The average Bonchev–Trinajstić information content (AvgIpc) is 2.35. The van der Waals surface area contributed by atoms with Crippen LogP contribution in [0.4, 0.5) is 0 Å². The molecule has 11 heavy (non-hydrogen) atoms. The Morgan fingerprint density at radius 1 is 1.73 bits per heavy atom. The van der Waals surface area contributed by atoms with Gasteiger partial charge in [-0.25, -0.2) is 0 Å². The number of hydrogen-bond donors (Lipinski definition) is 1. The molecule has 2 atom stereocenters. The number of rotatable bonds is 3. The Morgan fingerprint density at radius 2 is 2.45 bits per heavy atom. The van der Waals surface area contributed by atoms with Crippen molar-refractivity contribution in [3.8, 4) is 0 Å². The predicted molar refractivity (Wildman–Crippen MR) is 43.4 cm³/mol. The first-order valence-electron chi connectivity index (χ1n) is 4.21. The molecular weight excluding hydrogens is 142 g/mol. The van der Waals surface area contributed by atoms with Gasteiger partial charge in [-0.3, -0.25) is 0 Å². The molecule has 3 nitrogen and oxygen atoms in total. The van der Waals surface area contributed by atoms with Gasteiger partial charge in [0.15, 0.2) is 0 Å². The third kappa shape index (κ3) is 1.55. The zero-order valence-corrected chi connectivity index (χ0v) is 7.30. The minimum atomic E-state index is -0.200. The molecule has 2 N–H and O–H groups in total. The van der Waals surface area contributed by atoms with Gasteiger partial charge in [0.05, 0.1) is 6.10 Å². The van der Waals surface area contributed by atoms with E-state index in [9.17, 15) is 0 Å². The molecule has 0 aliphatic carbocycles. The van der Waals surface area contributed by atoms with Crippen molar-refractivity contribution in [2.75, 3.05) is 19.8 Å². The van der Waals surface area contributed by atoms with E-state index in [-0.39, 0.29) is 11.7 Å². The molecule has 0 saturated carbocycles. The Balaban J connectivity index is 2.57. The summed E-state index contributed by atoms with van der Waals surface area (Å²) in [6, 6.07) is 0. The quantitative estimate of drug-likeness (QED) is 0.653. The van der Waals surface area contributed by atoms with Crippen LogP contribution in [0.1, 0.15) is 20.3 Å². The van der Waals surface area contributed by atoms with Crippen LogP contribution < -0.4 is 5.73 Å². The van der Waals surface area contributed by atoms with E-state index in [1.807, 2.05) is 13.8 Å². The van der Waals surface area contributed by atoms with E-state index in [4.69, 9.17) is 15.2 Å². The molecule has 3 heteroatoms. The van der Waals surface area contributed by atoms with Gasteiger partial charge in [0.25, 0.3) is 0 Å². The van der Waals surface area contributed by atoms with Crippen molar-refractivity contribution in [1.29, 1.82) is 0 Å². The summed E-state index contributed by atoms with van der Waals surface area (Å²) < 4.78 is 11.0. The van der Waals surface area contributed by atoms with Crippen LogP contribution in [-0.2, 0) is 9.47 Å².